The Bertz CT molecular complexity index is 957. The first-order valence-corrected chi connectivity index (χ1v) is 9.69. The predicted molar refractivity (Wildman–Crippen MR) is 115 cm³/mol. The number of anilines is 2. The van der Waals surface area contributed by atoms with Crippen molar-refractivity contribution in [2.75, 3.05) is 25.1 Å². The van der Waals surface area contributed by atoms with Gasteiger partial charge in [-0.05, 0) is 61.7 Å². The highest BCUT2D eigenvalue weighted by Gasteiger charge is 2.14. The number of carbonyl (C=O) groups is 1. The van der Waals surface area contributed by atoms with Gasteiger partial charge in [0.15, 0.2) is 0 Å². The van der Waals surface area contributed by atoms with Gasteiger partial charge >= 0.3 is 0 Å². The second kappa shape index (κ2) is 9.68. The van der Waals surface area contributed by atoms with Crippen molar-refractivity contribution in [1.82, 2.24) is 15.3 Å². The molecule has 0 saturated heterocycles. The van der Waals surface area contributed by atoms with Crippen LogP contribution < -0.4 is 15.0 Å². The van der Waals surface area contributed by atoms with Crippen molar-refractivity contribution in [2.45, 2.75) is 20.3 Å². The Morgan fingerprint density at radius 2 is 1.93 bits per heavy atom. The summed E-state index contributed by atoms with van der Waals surface area (Å²) in [4.78, 5) is 23.4. The molecule has 29 heavy (non-hydrogen) atoms. The molecule has 150 valence electrons. The zero-order valence-corrected chi connectivity index (χ0v) is 17.1. The van der Waals surface area contributed by atoms with Crippen LogP contribution in [0.4, 0.5) is 11.6 Å². The smallest absolute Gasteiger partial charge is 0.270 e. The van der Waals surface area contributed by atoms with Crippen LogP contribution >= 0.6 is 0 Å². The molecule has 1 N–H and O–H groups in total. The Hall–Kier alpha value is -3.41. The van der Waals surface area contributed by atoms with Gasteiger partial charge in [0.1, 0.15) is 11.4 Å². The van der Waals surface area contributed by atoms with Gasteiger partial charge in [-0.1, -0.05) is 24.3 Å². The maximum atomic E-state index is 12.5. The molecule has 0 aliphatic carbocycles. The Morgan fingerprint density at radius 3 is 2.62 bits per heavy atom. The number of carbonyl (C=O) groups excluding carboxylic acids is 1. The molecule has 2 aromatic carbocycles. The van der Waals surface area contributed by atoms with Crippen LogP contribution in [-0.4, -0.2) is 36.1 Å². The first-order valence-electron chi connectivity index (χ1n) is 9.69. The molecule has 0 atom stereocenters. The van der Waals surface area contributed by atoms with Gasteiger partial charge < -0.3 is 15.0 Å². The number of benzene rings is 2. The lowest BCUT2D eigenvalue weighted by Crippen LogP contribution is -2.27. The van der Waals surface area contributed by atoms with Gasteiger partial charge in [-0.25, -0.2) is 9.97 Å². The SMILES string of the molecule is CCN(c1cccc(C)c1)c1nccc(C(=O)NCCc2ccc(OC)cc2)n1. The molecule has 0 spiro atoms. The molecule has 0 bridgehead atoms. The van der Waals surface area contributed by atoms with Gasteiger partial charge in [0.25, 0.3) is 5.91 Å². The van der Waals surface area contributed by atoms with E-state index in [-0.39, 0.29) is 5.91 Å². The third-order valence-corrected chi connectivity index (χ3v) is 4.60. The first-order chi connectivity index (χ1) is 14.1. The summed E-state index contributed by atoms with van der Waals surface area (Å²) in [6, 6.07) is 17.6. The maximum Gasteiger partial charge on any atom is 0.270 e. The zero-order valence-electron chi connectivity index (χ0n) is 17.1. The fourth-order valence-corrected chi connectivity index (χ4v) is 3.04. The van der Waals surface area contributed by atoms with E-state index in [1.54, 1.807) is 19.4 Å². The van der Waals surface area contributed by atoms with Crippen LogP contribution in [0.25, 0.3) is 0 Å². The van der Waals surface area contributed by atoms with Gasteiger partial charge in [0, 0.05) is 25.0 Å². The fourth-order valence-electron chi connectivity index (χ4n) is 3.04. The summed E-state index contributed by atoms with van der Waals surface area (Å²) in [5, 5.41) is 2.93. The number of nitrogens with one attached hydrogen (secondary N) is 1. The molecule has 3 rings (SSSR count). The van der Waals surface area contributed by atoms with Crippen LogP contribution in [0.2, 0.25) is 0 Å². The Labute approximate surface area is 171 Å². The number of hydrogen-bond acceptors (Lipinski definition) is 5. The number of aromatic nitrogens is 2. The van der Waals surface area contributed by atoms with Gasteiger partial charge in [-0.2, -0.15) is 0 Å². The number of amides is 1. The summed E-state index contributed by atoms with van der Waals surface area (Å²) in [6.07, 6.45) is 2.36. The monoisotopic (exact) mass is 390 g/mol. The number of aryl methyl sites for hydroxylation is 1. The Kier molecular flexibility index (Phi) is 6.79. The first kappa shape index (κ1) is 20.3. The van der Waals surface area contributed by atoms with Crippen molar-refractivity contribution < 1.29 is 9.53 Å². The molecule has 0 radical (unpaired) electrons. The average Bonchev–Trinajstić information content (AvgIpc) is 2.75. The number of hydrogen-bond donors (Lipinski definition) is 1. The lowest BCUT2D eigenvalue weighted by atomic mass is 10.1. The number of rotatable bonds is 8. The predicted octanol–water partition coefficient (Wildman–Crippen LogP) is 3.92. The van der Waals surface area contributed by atoms with E-state index in [0.717, 1.165) is 29.0 Å². The van der Waals surface area contributed by atoms with Crippen LogP contribution in [0, 0.1) is 6.92 Å². The lowest BCUT2D eigenvalue weighted by Gasteiger charge is -2.21. The van der Waals surface area contributed by atoms with E-state index in [4.69, 9.17) is 4.74 Å². The van der Waals surface area contributed by atoms with Gasteiger partial charge in [0.2, 0.25) is 5.95 Å². The standard InChI is InChI=1S/C23H26N4O2/c1-4-27(19-7-5-6-17(2)16-19)23-25-15-13-21(26-23)22(28)24-14-12-18-8-10-20(29-3)11-9-18/h5-11,13,15-16H,4,12,14H2,1-3H3,(H,24,28). The Morgan fingerprint density at radius 1 is 1.14 bits per heavy atom. The van der Waals surface area contributed by atoms with E-state index >= 15 is 0 Å². The lowest BCUT2D eigenvalue weighted by molar-refractivity contribution is 0.0949. The topological polar surface area (TPSA) is 67.4 Å². The summed E-state index contributed by atoms with van der Waals surface area (Å²) >= 11 is 0. The third kappa shape index (κ3) is 5.31. The van der Waals surface area contributed by atoms with Gasteiger partial charge in [-0.15, -0.1) is 0 Å². The molecular formula is C23H26N4O2. The van der Waals surface area contributed by atoms with E-state index in [9.17, 15) is 4.79 Å². The number of nitrogens with zero attached hydrogens (tertiary/aromatic N) is 3. The van der Waals surface area contributed by atoms with Crippen LogP contribution in [0.15, 0.2) is 60.8 Å². The minimum Gasteiger partial charge on any atom is -0.497 e. The van der Waals surface area contributed by atoms with Crippen LogP contribution in [0.1, 0.15) is 28.5 Å². The molecule has 0 aliphatic rings. The normalized spacial score (nSPS) is 10.4. The second-order valence-electron chi connectivity index (χ2n) is 6.68. The van der Waals surface area contributed by atoms with Crippen molar-refractivity contribution in [3.8, 4) is 5.75 Å². The summed E-state index contributed by atoms with van der Waals surface area (Å²) in [6.45, 7) is 5.31. The Balaban J connectivity index is 1.65. The van der Waals surface area contributed by atoms with Crippen LogP contribution in [0.5, 0.6) is 5.75 Å². The molecule has 3 aromatic rings. The molecule has 0 unspecified atom stereocenters. The summed E-state index contributed by atoms with van der Waals surface area (Å²) in [7, 11) is 1.64. The van der Waals surface area contributed by atoms with Gasteiger partial charge in [0.05, 0.1) is 7.11 Å². The summed E-state index contributed by atoms with van der Waals surface area (Å²) < 4.78 is 5.16. The van der Waals surface area contributed by atoms with Gasteiger partial charge in [-0.3, -0.25) is 4.79 Å². The summed E-state index contributed by atoms with van der Waals surface area (Å²) in [5.74, 6) is 1.13. The van der Waals surface area contributed by atoms with Crippen molar-refractivity contribution in [3.05, 3.63) is 77.6 Å². The van der Waals surface area contributed by atoms with Crippen LogP contribution in [0.3, 0.4) is 0 Å². The minimum atomic E-state index is -0.206. The van der Waals surface area contributed by atoms with Crippen molar-refractivity contribution in [1.29, 1.82) is 0 Å². The zero-order chi connectivity index (χ0) is 20.6. The number of ether oxygens (including phenoxy) is 1. The van der Waals surface area contributed by atoms with E-state index in [2.05, 4.69) is 21.4 Å². The molecule has 0 fully saturated rings. The van der Waals surface area contributed by atoms with E-state index in [1.165, 1.54) is 0 Å². The molecule has 0 saturated carbocycles. The van der Waals surface area contributed by atoms with Crippen molar-refractivity contribution in [3.63, 3.8) is 0 Å². The molecule has 1 aromatic heterocycles. The maximum absolute atomic E-state index is 12.5. The fraction of sp³-hybridized carbons (Fsp3) is 0.261. The van der Waals surface area contributed by atoms with E-state index in [1.807, 2.05) is 61.2 Å². The molecule has 6 heteroatoms. The quantitative estimate of drug-likeness (QED) is 0.631. The largest absolute Gasteiger partial charge is 0.497 e. The molecular weight excluding hydrogens is 364 g/mol. The average molecular weight is 390 g/mol. The minimum absolute atomic E-state index is 0.206. The number of methoxy groups -OCH3 is 1. The second-order valence-corrected chi connectivity index (χ2v) is 6.68. The summed E-state index contributed by atoms with van der Waals surface area (Å²) in [5.41, 5.74) is 3.65. The van der Waals surface area contributed by atoms with Crippen molar-refractivity contribution >= 4 is 17.5 Å². The van der Waals surface area contributed by atoms with E-state index in [0.29, 0.717) is 24.7 Å². The molecule has 1 amide bonds. The highest BCUT2D eigenvalue weighted by atomic mass is 16.5. The third-order valence-electron chi connectivity index (χ3n) is 4.60. The van der Waals surface area contributed by atoms with E-state index < -0.39 is 0 Å². The molecule has 6 nitrogen and oxygen atoms in total. The molecule has 0 aliphatic heterocycles. The molecule has 1 heterocycles. The van der Waals surface area contributed by atoms with Crippen molar-refractivity contribution in [2.24, 2.45) is 0 Å². The highest BCUT2D eigenvalue weighted by molar-refractivity contribution is 5.92. The van der Waals surface area contributed by atoms with Crippen LogP contribution in [-0.2, 0) is 6.42 Å². The highest BCUT2D eigenvalue weighted by Crippen LogP contribution is 2.22.